The summed E-state index contributed by atoms with van der Waals surface area (Å²) < 4.78 is 0. The first-order valence-corrected chi connectivity index (χ1v) is 35.2. The molecule has 0 aromatic rings. The minimum atomic E-state index is -1.32. The van der Waals surface area contributed by atoms with Gasteiger partial charge in [0.25, 0.3) is 0 Å². The normalized spacial score (nSPS) is 20.9. The van der Waals surface area contributed by atoms with Crippen LogP contribution in [0.15, 0.2) is 91.7 Å². The molecule has 2 unspecified atom stereocenters. The molecule has 242 valence electrons. The minimum absolute atomic E-state index is 0.0742. The number of hydrogen-bond acceptors (Lipinski definition) is 0. The van der Waals surface area contributed by atoms with Crippen LogP contribution in [0.2, 0.25) is 78.6 Å². The number of rotatable bonds is 15. The molecule has 0 aromatic heterocycles. The summed E-state index contributed by atoms with van der Waals surface area (Å²) in [6, 6.07) is 0. The Balaban J connectivity index is 1.62. The first kappa shape index (κ1) is 36.5. The molecule has 0 heterocycles. The molecule has 44 heavy (non-hydrogen) atoms. The second-order valence-electron chi connectivity index (χ2n) is 17.8. The predicted molar refractivity (Wildman–Crippen MR) is 220 cm³/mol. The molecule has 2 atom stereocenters. The molecule has 4 rings (SSSR count). The van der Waals surface area contributed by atoms with E-state index in [4.69, 9.17) is 0 Å². The molecule has 0 spiro atoms. The third-order valence-corrected chi connectivity index (χ3v) is 24.0. The quantitative estimate of drug-likeness (QED) is 0.118. The summed E-state index contributed by atoms with van der Waals surface area (Å²) in [7, 11) is -5.38. The van der Waals surface area contributed by atoms with Crippen molar-refractivity contribution in [3.63, 3.8) is 0 Å². The lowest BCUT2D eigenvalue weighted by atomic mass is 10.3. The summed E-state index contributed by atoms with van der Waals surface area (Å²) in [5.41, 5.74) is 7.01. The van der Waals surface area contributed by atoms with Crippen molar-refractivity contribution in [3.8, 4) is 0 Å². The molecule has 0 saturated carbocycles. The molecule has 0 aromatic carbocycles. The predicted octanol–water partition coefficient (Wildman–Crippen LogP) is 12.5. The van der Waals surface area contributed by atoms with Gasteiger partial charge >= 0.3 is 0 Å². The first-order chi connectivity index (χ1) is 20.3. The maximum absolute atomic E-state index is 2.62. The van der Waals surface area contributed by atoms with Gasteiger partial charge in [-0.2, -0.15) is 0 Å². The van der Waals surface area contributed by atoms with Crippen LogP contribution in [0.1, 0.15) is 25.7 Å². The van der Waals surface area contributed by atoms with Gasteiger partial charge in [-0.25, -0.2) is 0 Å². The van der Waals surface area contributed by atoms with E-state index in [-0.39, 0.29) is 15.8 Å². The van der Waals surface area contributed by atoms with Crippen molar-refractivity contribution in [2.24, 2.45) is 0 Å². The highest BCUT2D eigenvalue weighted by Crippen LogP contribution is 2.52. The monoisotopic (exact) mass is 694 g/mol. The number of hydrogen-bond donors (Lipinski definition) is 0. The molecular weight excluding hydrogens is 631 g/mol. The van der Waals surface area contributed by atoms with Gasteiger partial charge in [0.1, 0.15) is 0 Å². The molecule has 0 fully saturated rings. The van der Waals surface area contributed by atoms with Crippen molar-refractivity contribution < 1.29 is 0 Å². The zero-order valence-electron chi connectivity index (χ0n) is 30.6. The average Bonchev–Trinajstić information content (AvgIpc) is 3.67. The Morgan fingerprint density at radius 3 is 1.16 bits per heavy atom. The second kappa shape index (κ2) is 14.4. The topological polar surface area (TPSA) is 0 Å². The van der Waals surface area contributed by atoms with Gasteiger partial charge in [0.15, 0.2) is 0 Å². The largest absolute Gasteiger partial charge is 0.0974 e. The lowest BCUT2D eigenvalue weighted by molar-refractivity contribution is 1.30. The lowest BCUT2D eigenvalue weighted by Gasteiger charge is -2.30. The second-order valence-corrected chi connectivity index (χ2v) is 42.9. The summed E-state index contributed by atoms with van der Waals surface area (Å²) in [5.74, 6) is 0. The van der Waals surface area contributed by atoms with Gasteiger partial charge < -0.3 is 0 Å². The molecule has 0 amide bonds. The van der Waals surface area contributed by atoms with Crippen molar-refractivity contribution in [1.82, 2.24) is 0 Å². The molecule has 0 radical (unpaired) electrons. The van der Waals surface area contributed by atoms with Crippen molar-refractivity contribution in [2.75, 3.05) is 37.0 Å². The summed E-state index contributed by atoms with van der Waals surface area (Å²) >= 11 is 0. The molecule has 0 nitrogen and oxygen atoms in total. The summed E-state index contributed by atoms with van der Waals surface area (Å²) in [6.45, 7) is 30.8. The molecule has 4 aliphatic rings. The van der Waals surface area contributed by atoms with Gasteiger partial charge in [0, 0.05) is 0 Å². The Kier molecular flexibility index (Phi) is 11.9. The zero-order chi connectivity index (χ0) is 32.5. The maximum atomic E-state index is 2.62. The van der Waals surface area contributed by atoms with Crippen LogP contribution >= 0.6 is 15.8 Å². The van der Waals surface area contributed by atoms with Crippen molar-refractivity contribution in [1.29, 1.82) is 0 Å². The Morgan fingerprint density at radius 1 is 0.477 bits per heavy atom. The van der Waals surface area contributed by atoms with Crippen LogP contribution in [0, 0.1) is 0 Å². The van der Waals surface area contributed by atoms with Crippen molar-refractivity contribution in [3.05, 3.63) is 91.7 Å². The highest BCUT2D eigenvalue weighted by molar-refractivity contribution is 7.62. The fraction of sp³-hybridized carbons (Fsp3) is 0.579. The molecule has 0 bridgehead atoms. The Morgan fingerprint density at radius 2 is 0.841 bits per heavy atom. The van der Waals surface area contributed by atoms with E-state index in [1.165, 1.54) is 62.7 Å². The van der Waals surface area contributed by atoms with Crippen molar-refractivity contribution in [2.45, 2.75) is 104 Å². The highest BCUT2D eigenvalue weighted by atomic mass is 31.1. The van der Waals surface area contributed by atoms with Gasteiger partial charge in [-0.15, -0.1) is 0 Å². The van der Waals surface area contributed by atoms with Gasteiger partial charge in [0.05, 0.1) is 32.3 Å². The van der Waals surface area contributed by atoms with Crippen LogP contribution in [0.3, 0.4) is 0 Å². The summed E-state index contributed by atoms with van der Waals surface area (Å²) in [4.78, 5) is 0. The highest BCUT2D eigenvalue weighted by Gasteiger charge is 2.32. The summed E-state index contributed by atoms with van der Waals surface area (Å²) in [6.07, 6.45) is 33.6. The van der Waals surface area contributed by atoms with Crippen LogP contribution < -0.4 is 0 Å². The van der Waals surface area contributed by atoms with E-state index in [9.17, 15) is 0 Å². The minimum Gasteiger partial charge on any atom is -0.0974 e. The van der Waals surface area contributed by atoms with Crippen molar-refractivity contribution >= 4 is 48.1 Å². The number of allylic oxidation sites excluding steroid dienone is 16. The maximum Gasteiger partial charge on any atom is 0.0775 e. The SMILES string of the molecule is C[Si](C)(C)C1=CCC=C1CP(CCP(CC1=CCC=C1[Si](C)(C)C)CC1=C([Si](C)(C)C)CC=C1)CC1=C([Si](C)(C)C)CC=C1. The van der Waals surface area contributed by atoms with Gasteiger partial charge in [0.2, 0.25) is 0 Å². The molecule has 6 heteroatoms. The Labute approximate surface area is 279 Å². The van der Waals surface area contributed by atoms with E-state index >= 15 is 0 Å². The summed E-state index contributed by atoms with van der Waals surface area (Å²) in [5, 5.41) is 7.23. The lowest BCUT2D eigenvalue weighted by Crippen LogP contribution is -2.26. The Bertz CT molecular complexity index is 1230. The van der Waals surface area contributed by atoms with Crippen LogP contribution in [0.25, 0.3) is 0 Å². The van der Waals surface area contributed by atoms with E-state index in [1.807, 2.05) is 10.4 Å². The fourth-order valence-electron chi connectivity index (χ4n) is 7.64. The third kappa shape index (κ3) is 9.60. The zero-order valence-corrected chi connectivity index (χ0v) is 36.4. The first-order valence-electron chi connectivity index (χ1n) is 17.4. The third-order valence-electron chi connectivity index (χ3n) is 9.86. The van der Waals surface area contributed by atoms with Gasteiger partial charge in [-0.1, -0.05) is 164 Å². The smallest absolute Gasteiger partial charge is 0.0775 e. The van der Waals surface area contributed by atoms with E-state index in [0.29, 0.717) is 0 Å². The van der Waals surface area contributed by atoms with E-state index < -0.39 is 32.3 Å². The average molecular weight is 695 g/mol. The fourth-order valence-corrected chi connectivity index (χ4v) is 22.0. The van der Waals surface area contributed by atoms with E-state index in [0.717, 1.165) is 0 Å². The molecule has 0 aliphatic heterocycles. The van der Waals surface area contributed by atoms with Crippen LogP contribution in [-0.2, 0) is 0 Å². The molecule has 0 saturated heterocycles. The van der Waals surface area contributed by atoms with Crippen LogP contribution in [-0.4, -0.2) is 69.3 Å². The van der Waals surface area contributed by atoms with E-state index in [1.54, 1.807) is 32.7 Å². The molecular formula is C38H64P2Si4. The van der Waals surface area contributed by atoms with Gasteiger partial charge in [-0.3, -0.25) is 0 Å². The standard InChI is InChI=1S/C38H64P2Si4/c1-41(2,3)35-21-13-17-31(35)27-39(28-32-18-14-22-36(32)42(4,5)6)25-26-40(29-33-19-15-23-37(33)43(7,8)9)30-34-20-16-24-38(34)44(10,11)12/h13,15,17-20,22,24H,14,16,21,23,25-30H2,1-12H3. The Hall–Kier alpha value is -0.352. The molecule has 0 N–H and O–H groups in total. The molecule has 4 aliphatic carbocycles. The van der Waals surface area contributed by atoms with Crippen LogP contribution in [0.5, 0.6) is 0 Å². The van der Waals surface area contributed by atoms with E-state index in [2.05, 4.69) is 127 Å². The van der Waals surface area contributed by atoms with Gasteiger partial charge in [-0.05, 0) is 84.9 Å². The van der Waals surface area contributed by atoms with Crippen LogP contribution in [0.4, 0.5) is 0 Å².